The van der Waals surface area contributed by atoms with Gasteiger partial charge in [0, 0.05) is 24.5 Å². The number of nitrogens with two attached hydrogens (primary N) is 1. The molecule has 0 aliphatic carbocycles. The molecule has 0 bridgehead atoms. The molecule has 4 nitrogen and oxygen atoms in total. The number of carbonyl (C=O) groups excluding carboxylic acids is 1. The number of benzene rings is 1. The minimum Gasteiger partial charge on any atom is -0.399 e. The van der Waals surface area contributed by atoms with Gasteiger partial charge >= 0.3 is 0 Å². The Balaban J connectivity index is 2.79. The third-order valence-electron chi connectivity index (χ3n) is 2.71. The first-order valence-electron chi connectivity index (χ1n) is 5.96. The molecule has 0 radical (unpaired) electrons. The van der Waals surface area contributed by atoms with E-state index >= 15 is 0 Å². The lowest BCUT2D eigenvalue weighted by atomic mass is 10.1. The first kappa shape index (κ1) is 13.4. The van der Waals surface area contributed by atoms with E-state index in [1.165, 1.54) is 0 Å². The van der Waals surface area contributed by atoms with Gasteiger partial charge in [-0.3, -0.25) is 4.79 Å². The molecule has 17 heavy (non-hydrogen) atoms. The van der Waals surface area contributed by atoms with E-state index in [0.717, 1.165) is 23.5 Å². The summed E-state index contributed by atoms with van der Waals surface area (Å²) in [5.74, 6) is 0.0452. The molecule has 0 saturated carbocycles. The third-order valence-corrected chi connectivity index (χ3v) is 2.71. The number of hydrogen-bond donors (Lipinski definition) is 2. The standard InChI is InChI=1S/C13H21N3O/c1-4-15-13(17)9-16(5-2)11-6-7-12(14)10(3)8-11/h6-8H,4-5,9,14H2,1-3H3,(H,15,17). The smallest absolute Gasteiger partial charge is 0.239 e. The van der Waals surface area contributed by atoms with Crippen molar-refractivity contribution in [1.82, 2.24) is 5.32 Å². The summed E-state index contributed by atoms with van der Waals surface area (Å²) >= 11 is 0. The van der Waals surface area contributed by atoms with E-state index in [-0.39, 0.29) is 5.91 Å². The van der Waals surface area contributed by atoms with E-state index in [1.54, 1.807) is 0 Å². The number of amides is 1. The molecule has 1 amide bonds. The zero-order chi connectivity index (χ0) is 12.8. The van der Waals surface area contributed by atoms with Crippen molar-refractivity contribution in [2.24, 2.45) is 0 Å². The third kappa shape index (κ3) is 3.66. The number of rotatable bonds is 5. The first-order valence-corrected chi connectivity index (χ1v) is 5.96. The average molecular weight is 235 g/mol. The molecule has 0 aliphatic rings. The van der Waals surface area contributed by atoms with Gasteiger partial charge in [-0.05, 0) is 44.5 Å². The van der Waals surface area contributed by atoms with Gasteiger partial charge < -0.3 is 16.0 Å². The number of nitrogen functional groups attached to an aromatic ring is 1. The fourth-order valence-electron chi connectivity index (χ4n) is 1.67. The Morgan fingerprint density at radius 3 is 2.65 bits per heavy atom. The maximum Gasteiger partial charge on any atom is 0.239 e. The normalized spacial score (nSPS) is 10.1. The van der Waals surface area contributed by atoms with Crippen LogP contribution in [0.5, 0.6) is 0 Å². The summed E-state index contributed by atoms with van der Waals surface area (Å²) in [6.07, 6.45) is 0. The average Bonchev–Trinajstić information content (AvgIpc) is 2.30. The van der Waals surface area contributed by atoms with E-state index in [4.69, 9.17) is 5.73 Å². The van der Waals surface area contributed by atoms with Crippen molar-refractivity contribution in [1.29, 1.82) is 0 Å². The summed E-state index contributed by atoms with van der Waals surface area (Å²) in [5, 5.41) is 2.80. The minimum absolute atomic E-state index is 0.0452. The maximum absolute atomic E-state index is 11.6. The van der Waals surface area contributed by atoms with Gasteiger partial charge in [-0.1, -0.05) is 0 Å². The Kier molecular flexibility index (Phi) is 4.82. The second kappa shape index (κ2) is 6.13. The summed E-state index contributed by atoms with van der Waals surface area (Å²) in [7, 11) is 0. The largest absolute Gasteiger partial charge is 0.399 e. The zero-order valence-electron chi connectivity index (χ0n) is 10.8. The molecular formula is C13H21N3O. The summed E-state index contributed by atoms with van der Waals surface area (Å²) in [6.45, 7) is 7.76. The molecule has 0 aromatic heterocycles. The maximum atomic E-state index is 11.6. The van der Waals surface area contributed by atoms with E-state index < -0.39 is 0 Å². The van der Waals surface area contributed by atoms with Crippen LogP contribution in [0.2, 0.25) is 0 Å². The van der Waals surface area contributed by atoms with Gasteiger partial charge in [0.1, 0.15) is 0 Å². The lowest BCUT2D eigenvalue weighted by Gasteiger charge is -2.23. The molecule has 3 N–H and O–H groups in total. The van der Waals surface area contributed by atoms with Gasteiger partial charge in [-0.15, -0.1) is 0 Å². The van der Waals surface area contributed by atoms with Gasteiger partial charge in [0.05, 0.1) is 6.54 Å². The Bertz CT molecular complexity index is 390. The number of hydrogen-bond acceptors (Lipinski definition) is 3. The minimum atomic E-state index is 0.0452. The summed E-state index contributed by atoms with van der Waals surface area (Å²) in [5.41, 5.74) is 8.63. The van der Waals surface area contributed by atoms with Crippen LogP contribution in [-0.4, -0.2) is 25.5 Å². The van der Waals surface area contributed by atoms with Crippen molar-refractivity contribution in [2.75, 3.05) is 30.3 Å². The highest BCUT2D eigenvalue weighted by molar-refractivity contribution is 5.81. The van der Waals surface area contributed by atoms with Crippen LogP contribution in [-0.2, 0) is 4.79 Å². The van der Waals surface area contributed by atoms with E-state index in [2.05, 4.69) is 5.32 Å². The Morgan fingerprint density at radius 2 is 2.12 bits per heavy atom. The topological polar surface area (TPSA) is 58.4 Å². The number of carbonyl (C=O) groups is 1. The van der Waals surface area contributed by atoms with Crippen LogP contribution in [0.15, 0.2) is 18.2 Å². The molecule has 94 valence electrons. The number of aryl methyl sites for hydroxylation is 1. The molecular weight excluding hydrogens is 214 g/mol. The zero-order valence-corrected chi connectivity index (χ0v) is 10.8. The van der Waals surface area contributed by atoms with Crippen molar-refractivity contribution in [3.8, 4) is 0 Å². The molecule has 1 aromatic carbocycles. The molecule has 1 aromatic rings. The van der Waals surface area contributed by atoms with Crippen molar-refractivity contribution in [3.63, 3.8) is 0 Å². The highest BCUT2D eigenvalue weighted by Crippen LogP contribution is 2.20. The van der Waals surface area contributed by atoms with E-state index in [1.807, 2.05) is 43.9 Å². The van der Waals surface area contributed by atoms with Crippen molar-refractivity contribution >= 4 is 17.3 Å². The number of nitrogens with one attached hydrogen (secondary N) is 1. The molecule has 1 rings (SSSR count). The predicted molar refractivity (Wildman–Crippen MR) is 72.2 cm³/mol. The molecule has 0 unspecified atom stereocenters. The van der Waals surface area contributed by atoms with Crippen LogP contribution < -0.4 is 16.0 Å². The van der Waals surface area contributed by atoms with Gasteiger partial charge in [0.15, 0.2) is 0 Å². The highest BCUT2D eigenvalue weighted by atomic mass is 16.2. The summed E-state index contributed by atoms with van der Waals surface area (Å²) < 4.78 is 0. The predicted octanol–water partition coefficient (Wildman–Crippen LogP) is 1.54. The Hall–Kier alpha value is -1.71. The highest BCUT2D eigenvalue weighted by Gasteiger charge is 2.09. The fourth-order valence-corrected chi connectivity index (χ4v) is 1.67. The Labute approximate surface area is 103 Å². The van der Waals surface area contributed by atoms with Crippen LogP contribution >= 0.6 is 0 Å². The molecule has 0 aliphatic heterocycles. The molecule has 4 heteroatoms. The number of likely N-dealkylation sites (N-methyl/N-ethyl adjacent to an activating group) is 2. The summed E-state index contributed by atoms with van der Waals surface area (Å²) in [4.78, 5) is 13.6. The van der Waals surface area contributed by atoms with Crippen LogP contribution in [0.25, 0.3) is 0 Å². The second-order valence-electron chi connectivity index (χ2n) is 4.01. The van der Waals surface area contributed by atoms with Crippen molar-refractivity contribution < 1.29 is 4.79 Å². The van der Waals surface area contributed by atoms with E-state index in [0.29, 0.717) is 13.1 Å². The van der Waals surface area contributed by atoms with Crippen molar-refractivity contribution in [2.45, 2.75) is 20.8 Å². The van der Waals surface area contributed by atoms with Crippen LogP contribution in [0, 0.1) is 6.92 Å². The van der Waals surface area contributed by atoms with E-state index in [9.17, 15) is 4.79 Å². The van der Waals surface area contributed by atoms with Gasteiger partial charge in [0.2, 0.25) is 5.91 Å². The number of nitrogens with zero attached hydrogens (tertiary/aromatic N) is 1. The molecule has 0 fully saturated rings. The van der Waals surface area contributed by atoms with Crippen molar-refractivity contribution in [3.05, 3.63) is 23.8 Å². The fraction of sp³-hybridized carbons (Fsp3) is 0.462. The molecule has 0 atom stereocenters. The van der Waals surface area contributed by atoms with Crippen LogP contribution in [0.4, 0.5) is 11.4 Å². The van der Waals surface area contributed by atoms with Crippen LogP contribution in [0.3, 0.4) is 0 Å². The summed E-state index contributed by atoms with van der Waals surface area (Å²) in [6, 6.07) is 5.84. The lowest BCUT2D eigenvalue weighted by Crippen LogP contribution is -2.37. The SMILES string of the molecule is CCNC(=O)CN(CC)c1ccc(N)c(C)c1. The molecule has 0 saturated heterocycles. The number of anilines is 2. The quantitative estimate of drug-likeness (QED) is 0.761. The lowest BCUT2D eigenvalue weighted by molar-refractivity contribution is -0.119. The first-order chi connectivity index (χ1) is 8.08. The Morgan fingerprint density at radius 1 is 1.41 bits per heavy atom. The van der Waals surface area contributed by atoms with Crippen LogP contribution in [0.1, 0.15) is 19.4 Å². The van der Waals surface area contributed by atoms with Gasteiger partial charge in [-0.25, -0.2) is 0 Å². The monoisotopic (exact) mass is 235 g/mol. The molecule has 0 heterocycles. The second-order valence-corrected chi connectivity index (χ2v) is 4.01. The molecule has 0 spiro atoms. The van der Waals surface area contributed by atoms with Gasteiger partial charge in [0.25, 0.3) is 0 Å². The van der Waals surface area contributed by atoms with Gasteiger partial charge in [-0.2, -0.15) is 0 Å².